The molecule has 0 atom stereocenters. The van der Waals surface area contributed by atoms with Crippen molar-refractivity contribution in [2.45, 2.75) is 0 Å². The molecule has 2 amide bonds. The number of aromatic nitrogens is 2. The number of amides is 2. The number of hydrogen-bond donors (Lipinski definition) is 1. The van der Waals surface area contributed by atoms with Crippen molar-refractivity contribution in [3.63, 3.8) is 0 Å². The number of halogens is 1. The van der Waals surface area contributed by atoms with Crippen molar-refractivity contribution in [3.8, 4) is 0 Å². The van der Waals surface area contributed by atoms with Gasteiger partial charge in [0, 0.05) is 35.5 Å². The van der Waals surface area contributed by atoms with E-state index >= 15 is 0 Å². The molecule has 0 aliphatic rings. The van der Waals surface area contributed by atoms with Crippen molar-refractivity contribution in [1.82, 2.24) is 14.3 Å². The van der Waals surface area contributed by atoms with E-state index in [1.54, 1.807) is 35.8 Å². The van der Waals surface area contributed by atoms with Crippen molar-refractivity contribution in [2.75, 3.05) is 18.9 Å². The van der Waals surface area contributed by atoms with Gasteiger partial charge in [0.15, 0.2) is 4.96 Å². The highest BCUT2D eigenvalue weighted by molar-refractivity contribution is 7.15. The Morgan fingerprint density at radius 3 is 2.76 bits per heavy atom. The maximum atomic E-state index is 12.4. The molecule has 2 aromatic heterocycles. The molecule has 0 spiro atoms. The molecule has 7 nitrogen and oxygen atoms in total. The van der Waals surface area contributed by atoms with Gasteiger partial charge < -0.3 is 10.2 Å². The fourth-order valence-electron chi connectivity index (χ4n) is 2.20. The van der Waals surface area contributed by atoms with Gasteiger partial charge >= 0.3 is 0 Å². The normalized spacial score (nSPS) is 10.6. The average molecular weight is 377 g/mol. The Labute approximate surface area is 151 Å². The lowest BCUT2D eigenvalue weighted by Gasteiger charge is -2.16. The molecule has 0 unspecified atom stereocenters. The molecule has 128 valence electrons. The minimum absolute atomic E-state index is 0.0855. The number of rotatable bonds is 4. The van der Waals surface area contributed by atoms with Crippen molar-refractivity contribution < 1.29 is 9.59 Å². The fraction of sp³-hybridized carbons (Fsp3) is 0.125. The second-order valence-corrected chi connectivity index (χ2v) is 6.56. The molecule has 0 radical (unpaired) electrons. The van der Waals surface area contributed by atoms with Crippen LogP contribution in [0.15, 0.2) is 46.8 Å². The van der Waals surface area contributed by atoms with Gasteiger partial charge in [-0.3, -0.25) is 18.8 Å². The van der Waals surface area contributed by atoms with Gasteiger partial charge in [-0.15, -0.1) is 11.3 Å². The molecule has 0 bridgehead atoms. The van der Waals surface area contributed by atoms with Crippen molar-refractivity contribution in [3.05, 3.63) is 63.0 Å². The van der Waals surface area contributed by atoms with Crippen LogP contribution in [-0.2, 0) is 4.79 Å². The van der Waals surface area contributed by atoms with Crippen LogP contribution in [0.3, 0.4) is 0 Å². The number of likely N-dealkylation sites (N-methyl/N-ethyl adjacent to an activating group) is 1. The molecule has 0 saturated heterocycles. The Kier molecular flexibility index (Phi) is 4.82. The lowest BCUT2D eigenvalue weighted by Crippen LogP contribution is -2.38. The highest BCUT2D eigenvalue weighted by Gasteiger charge is 2.19. The van der Waals surface area contributed by atoms with E-state index in [1.165, 1.54) is 33.9 Å². The Morgan fingerprint density at radius 2 is 2.04 bits per heavy atom. The maximum absolute atomic E-state index is 12.4. The molecule has 0 aliphatic carbocycles. The Morgan fingerprint density at radius 1 is 1.32 bits per heavy atom. The van der Waals surface area contributed by atoms with E-state index in [9.17, 15) is 14.4 Å². The van der Waals surface area contributed by atoms with Gasteiger partial charge in [0.1, 0.15) is 5.56 Å². The average Bonchev–Trinajstić information content (AvgIpc) is 3.06. The van der Waals surface area contributed by atoms with Gasteiger partial charge in [-0.1, -0.05) is 11.6 Å². The lowest BCUT2D eigenvalue weighted by atomic mass is 10.3. The molecule has 9 heteroatoms. The van der Waals surface area contributed by atoms with Gasteiger partial charge in [0.25, 0.3) is 11.5 Å². The van der Waals surface area contributed by atoms with E-state index < -0.39 is 11.5 Å². The summed E-state index contributed by atoms with van der Waals surface area (Å²) in [4.78, 5) is 42.6. The zero-order valence-electron chi connectivity index (χ0n) is 13.1. The van der Waals surface area contributed by atoms with E-state index in [4.69, 9.17) is 11.6 Å². The number of thiazole rings is 1. The summed E-state index contributed by atoms with van der Waals surface area (Å²) in [5, 5.41) is 4.92. The van der Waals surface area contributed by atoms with Crippen LogP contribution >= 0.6 is 22.9 Å². The molecule has 1 aromatic carbocycles. The van der Waals surface area contributed by atoms with Gasteiger partial charge in [-0.05, 0) is 24.3 Å². The monoisotopic (exact) mass is 376 g/mol. The Bertz CT molecular complexity index is 997. The predicted octanol–water partition coefficient (Wildman–Crippen LogP) is 2.12. The third kappa shape index (κ3) is 3.70. The van der Waals surface area contributed by atoms with Crippen LogP contribution in [0.25, 0.3) is 4.96 Å². The van der Waals surface area contributed by atoms with Crippen LogP contribution < -0.4 is 10.9 Å². The third-order valence-corrected chi connectivity index (χ3v) is 4.45. The standard InChI is InChI=1S/C16H13ClN4O3S/c1-20(9-13(22)19-11-4-2-10(17)3-5-11)14(23)12-8-18-16-21(15(12)24)6-7-25-16/h2-8H,9H2,1H3,(H,19,22). The molecule has 3 rings (SSSR count). The summed E-state index contributed by atoms with van der Waals surface area (Å²) in [7, 11) is 1.45. The first-order valence-electron chi connectivity index (χ1n) is 7.21. The largest absolute Gasteiger partial charge is 0.332 e. The zero-order valence-corrected chi connectivity index (χ0v) is 14.7. The number of fused-ring (bicyclic) bond motifs is 1. The van der Waals surface area contributed by atoms with E-state index in [2.05, 4.69) is 10.3 Å². The lowest BCUT2D eigenvalue weighted by molar-refractivity contribution is -0.116. The Balaban J connectivity index is 1.71. The quantitative estimate of drug-likeness (QED) is 0.756. The topological polar surface area (TPSA) is 83.8 Å². The number of carbonyl (C=O) groups excluding carboxylic acids is 2. The number of nitrogens with zero attached hydrogens (tertiary/aromatic N) is 3. The SMILES string of the molecule is CN(CC(=O)Nc1ccc(Cl)cc1)C(=O)c1cnc2sccn2c1=O. The van der Waals surface area contributed by atoms with E-state index in [-0.39, 0.29) is 18.0 Å². The van der Waals surface area contributed by atoms with Crippen LogP contribution in [0, 0.1) is 0 Å². The maximum Gasteiger partial charge on any atom is 0.271 e. The van der Waals surface area contributed by atoms with E-state index in [1.807, 2.05) is 0 Å². The van der Waals surface area contributed by atoms with E-state index in [0.29, 0.717) is 15.7 Å². The molecule has 25 heavy (non-hydrogen) atoms. The van der Waals surface area contributed by atoms with Gasteiger partial charge in [0.05, 0.1) is 6.54 Å². The van der Waals surface area contributed by atoms with Crippen LogP contribution in [0.5, 0.6) is 0 Å². The van der Waals surface area contributed by atoms with Gasteiger partial charge in [-0.2, -0.15) is 0 Å². The second kappa shape index (κ2) is 7.04. The molecule has 3 aromatic rings. The number of hydrogen-bond acceptors (Lipinski definition) is 5. The van der Waals surface area contributed by atoms with Gasteiger partial charge in [-0.25, -0.2) is 4.98 Å². The third-order valence-electron chi connectivity index (χ3n) is 3.43. The molecule has 1 N–H and O–H groups in total. The first-order chi connectivity index (χ1) is 12.0. The predicted molar refractivity (Wildman–Crippen MR) is 96.4 cm³/mol. The first kappa shape index (κ1) is 17.1. The van der Waals surface area contributed by atoms with E-state index in [0.717, 1.165) is 0 Å². The van der Waals surface area contributed by atoms with Crippen LogP contribution in [0.2, 0.25) is 5.02 Å². The minimum atomic E-state index is -0.565. The summed E-state index contributed by atoms with van der Waals surface area (Å²) in [5.74, 6) is -0.952. The number of benzene rings is 1. The summed E-state index contributed by atoms with van der Waals surface area (Å²) in [6.45, 7) is -0.201. The van der Waals surface area contributed by atoms with Crippen molar-refractivity contribution in [2.24, 2.45) is 0 Å². The van der Waals surface area contributed by atoms with Crippen LogP contribution in [0.4, 0.5) is 5.69 Å². The zero-order chi connectivity index (χ0) is 18.0. The summed E-state index contributed by atoms with van der Waals surface area (Å²) < 4.78 is 1.31. The van der Waals surface area contributed by atoms with Gasteiger partial charge in [0.2, 0.25) is 5.91 Å². The molecule has 2 heterocycles. The summed E-state index contributed by atoms with van der Waals surface area (Å²) in [5.41, 5.74) is 0.0237. The first-order valence-corrected chi connectivity index (χ1v) is 8.47. The van der Waals surface area contributed by atoms with Crippen molar-refractivity contribution in [1.29, 1.82) is 0 Å². The molecular weight excluding hydrogens is 364 g/mol. The number of nitrogens with one attached hydrogen (secondary N) is 1. The molecule has 0 fully saturated rings. The second-order valence-electron chi connectivity index (χ2n) is 5.25. The fourth-order valence-corrected chi connectivity index (χ4v) is 3.00. The molecule has 0 aliphatic heterocycles. The number of carbonyl (C=O) groups is 2. The van der Waals surface area contributed by atoms with Crippen LogP contribution in [0.1, 0.15) is 10.4 Å². The summed E-state index contributed by atoms with van der Waals surface area (Å²) >= 11 is 7.08. The number of anilines is 1. The minimum Gasteiger partial charge on any atom is -0.332 e. The molecule has 0 saturated carbocycles. The highest BCUT2D eigenvalue weighted by Crippen LogP contribution is 2.13. The Hall–Kier alpha value is -2.71. The summed E-state index contributed by atoms with van der Waals surface area (Å²) in [6, 6.07) is 6.61. The highest BCUT2D eigenvalue weighted by atomic mass is 35.5. The smallest absolute Gasteiger partial charge is 0.271 e. The van der Waals surface area contributed by atoms with Crippen molar-refractivity contribution >= 4 is 45.4 Å². The van der Waals surface area contributed by atoms with Crippen LogP contribution in [-0.4, -0.2) is 39.7 Å². The molecular formula is C16H13ClN4O3S. The summed E-state index contributed by atoms with van der Waals surface area (Å²) in [6.07, 6.45) is 2.80.